The number of carbonyl (C=O) groups excluding carboxylic acids is 1. The van der Waals surface area contributed by atoms with Gasteiger partial charge in [0.2, 0.25) is 0 Å². The highest BCUT2D eigenvalue weighted by atomic mass is 16.5. The standard InChI is InChI=1S/C13H15NO2/c1-16-12-4-2-9(3-5-12)13(15)14-7-10-6-11(10)8-14/h2-5,10-11H,6-8H2,1H3. The van der Waals surface area contributed by atoms with Gasteiger partial charge >= 0.3 is 0 Å². The van der Waals surface area contributed by atoms with Gasteiger partial charge in [-0.1, -0.05) is 0 Å². The topological polar surface area (TPSA) is 29.5 Å². The van der Waals surface area contributed by atoms with E-state index in [0.717, 1.165) is 36.2 Å². The third-order valence-corrected chi connectivity index (χ3v) is 3.60. The highest BCUT2D eigenvalue weighted by Gasteiger charge is 2.46. The van der Waals surface area contributed by atoms with Crippen molar-refractivity contribution < 1.29 is 9.53 Å². The molecule has 1 saturated heterocycles. The fourth-order valence-corrected chi connectivity index (χ4v) is 2.48. The van der Waals surface area contributed by atoms with Crippen LogP contribution in [0.3, 0.4) is 0 Å². The van der Waals surface area contributed by atoms with Crippen molar-refractivity contribution in [3.05, 3.63) is 29.8 Å². The van der Waals surface area contributed by atoms with E-state index in [1.54, 1.807) is 7.11 Å². The highest BCUT2D eigenvalue weighted by molar-refractivity contribution is 5.94. The Balaban J connectivity index is 1.73. The van der Waals surface area contributed by atoms with Crippen molar-refractivity contribution in [2.24, 2.45) is 11.8 Å². The lowest BCUT2D eigenvalue weighted by atomic mass is 10.2. The number of nitrogens with zero attached hydrogens (tertiary/aromatic N) is 1. The molecular weight excluding hydrogens is 202 g/mol. The fourth-order valence-electron chi connectivity index (χ4n) is 2.48. The molecule has 2 aliphatic rings. The summed E-state index contributed by atoms with van der Waals surface area (Å²) in [6.07, 6.45) is 1.33. The summed E-state index contributed by atoms with van der Waals surface area (Å²) in [6, 6.07) is 7.35. The molecule has 1 saturated carbocycles. The number of ether oxygens (including phenoxy) is 1. The molecular formula is C13H15NO2. The number of rotatable bonds is 2. The molecule has 1 aliphatic carbocycles. The maximum absolute atomic E-state index is 12.1. The van der Waals surface area contributed by atoms with Crippen LogP contribution in [-0.2, 0) is 0 Å². The van der Waals surface area contributed by atoms with Crippen LogP contribution in [-0.4, -0.2) is 31.0 Å². The molecule has 3 rings (SSSR count). The molecule has 2 fully saturated rings. The van der Waals surface area contributed by atoms with Gasteiger partial charge in [0.25, 0.3) is 5.91 Å². The molecule has 0 bridgehead atoms. The van der Waals surface area contributed by atoms with Gasteiger partial charge in [0.15, 0.2) is 0 Å². The largest absolute Gasteiger partial charge is 0.497 e. The molecule has 2 atom stereocenters. The first-order valence-corrected chi connectivity index (χ1v) is 5.71. The third-order valence-electron chi connectivity index (χ3n) is 3.60. The van der Waals surface area contributed by atoms with Gasteiger partial charge in [0, 0.05) is 18.7 Å². The Kier molecular flexibility index (Phi) is 2.13. The molecule has 1 heterocycles. The number of hydrogen-bond acceptors (Lipinski definition) is 2. The Bertz CT molecular complexity index is 402. The van der Waals surface area contributed by atoms with E-state index in [0.29, 0.717) is 0 Å². The van der Waals surface area contributed by atoms with Crippen molar-refractivity contribution in [2.45, 2.75) is 6.42 Å². The molecule has 1 aromatic rings. The predicted octanol–water partition coefficient (Wildman–Crippen LogP) is 1.79. The molecule has 0 spiro atoms. The zero-order valence-corrected chi connectivity index (χ0v) is 9.35. The SMILES string of the molecule is COc1ccc(C(=O)N2CC3CC3C2)cc1. The van der Waals surface area contributed by atoms with Crippen LogP contribution in [0.5, 0.6) is 5.75 Å². The minimum atomic E-state index is 0.162. The van der Waals surface area contributed by atoms with Gasteiger partial charge in [-0.25, -0.2) is 0 Å². The summed E-state index contributed by atoms with van der Waals surface area (Å²) in [5, 5.41) is 0. The van der Waals surface area contributed by atoms with E-state index in [2.05, 4.69) is 0 Å². The van der Waals surface area contributed by atoms with Crippen LogP contribution >= 0.6 is 0 Å². The second-order valence-corrected chi connectivity index (χ2v) is 4.69. The summed E-state index contributed by atoms with van der Waals surface area (Å²) in [6.45, 7) is 1.91. The molecule has 1 aliphatic heterocycles. The maximum atomic E-state index is 12.1. The second-order valence-electron chi connectivity index (χ2n) is 4.69. The van der Waals surface area contributed by atoms with E-state index in [-0.39, 0.29) is 5.91 Å². The summed E-state index contributed by atoms with van der Waals surface area (Å²) in [5.41, 5.74) is 0.766. The van der Waals surface area contributed by atoms with Crippen molar-refractivity contribution in [2.75, 3.05) is 20.2 Å². The van der Waals surface area contributed by atoms with E-state index < -0.39 is 0 Å². The predicted molar refractivity (Wildman–Crippen MR) is 60.5 cm³/mol. The third kappa shape index (κ3) is 1.56. The van der Waals surface area contributed by atoms with E-state index in [1.165, 1.54) is 6.42 Å². The summed E-state index contributed by atoms with van der Waals surface area (Å²) in [7, 11) is 1.63. The van der Waals surface area contributed by atoms with E-state index in [9.17, 15) is 4.79 Å². The van der Waals surface area contributed by atoms with Gasteiger partial charge in [-0.05, 0) is 42.5 Å². The molecule has 0 N–H and O–H groups in total. The number of amides is 1. The summed E-state index contributed by atoms with van der Waals surface area (Å²) >= 11 is 0. The lowest BCUT2D eigenvalue weighted by Gasteiger charge is -2.17. The van der Waals surface area contributed by atoms with Gasteiger partial charge in [-0.15, -0.1) is 0 Å². The quantitative estimate of drug-likeness (QED) is 0.755. The Morgan fingerprint density at radius 1 is 1.25 bits per heavy atom. The highest BCUT2D eigenvalue weighted by Crippen LogP contribution is 2.45. The summed E-state index contributed by atoms with van der Waals surface area (Å²) in [5.74, 6) is 2.54. The zero-order valence-electron chi connectivity index (χ0n) is 9.35. The minimum Gasteiger partial charge on any atom is -0.497 e. The zero-order chi connectivity index (χ0) is 11.1. The van der Waals surface area contributed by atoms with Crippen molar-refractivity contribution in [1.82, 2.24) is 4.90 Å². The molecule has 84 valence electrons. The van der Waals surface area contributed by atoms with E-state index in [1.807, 2.05) is 29.2 Å². The minimum absolute atomic E-state index is 0.162. The number of benzene rings is 1. The Morgan fingerprint density at radius 3 is 2.44 bits per heavy atom. The van der Waals surface area contributed by atoms with Crippen LogP contribution in [0.25, 0.3) is 0 Å². The van der Waals surface area contributed by atoms with E-state index in [4.69, 9.17) is 4.74 Å². The lowest BCUT2D eigenvalue weighted by Crippen LogP contribution is -2.30. The number of likely N-dealkylation sites (tertiary alicyclic amines) is 1. The van der Waals surface area contributed by atoms with Crippen LogP contribution < -0.4 is 4.74 Å². The lowest BCUT2D eigenvalue weighted by molar-refractivity contribution is 0.0775. The smallest absolute Gasteiger partial charge is 0.253 e. The number of fused-ring (bicyclic) bond motifs is 1. The average molecular weight is 217 g/mol. The maximum Gasteiger partial charge on any atom is 0.253 e. The van der Waals surface area contributed by atoms with Crippen LogP contribution in [0.2, 0.25) is 0 Å². The first kappa shape index (κ1) is 9.70. The first-order chi connectivity index (χ1) is 7.78. The molecule has 1 amide bonds. The molecule has 2 unspecified atom stereocenters. The monoisotopic (exact) mass is 217 g/mol. The van der Waals surface area contributed by atoms with Crippen LogP contribution in [0, 0.1) is 11.8 Å². The van der Waals surface area contributed by atoms with Crippen molar-refractivity contribution in [3.63, 3.8) is 0 Å². The number of piperidine rings is 1. The Morgan fingerprint density at radius 2 is 1.88 bits per heavy atom. The molecule has 1 aromatic carbocycles. The van der Waals surface area contributed by atoms with Crippen molar-refractivity contribution >= 4 is 5.91 Å². The Hall–Kier alpha value is -1.51. The van der Waals surface area contributed by atoms with E-state index >= 15 is 0 Å². The van der Waals surface area contributed by atoms with Gasteiger partial charge in [0.1, 0.15) is 5.75 Å². The number of methoxy groups -OCH3 is 1. The first-order valence-electron chi connectivity index (χ1n) is 5.71. The average Bonchev–Trinajstić information content (AvgIpc) is 2.95. The van der Waals surface area contributed by atoms with Gasteiger partial charge < -0.3 is 9.64 Å². The van der Waals surface area contributed by atoms with Crippen LogP contribution in [0.15, 0.2) is 24.3 Å². The molecule has 3 heteroatoms. The van der Waals surface area contributed by atoms with Crippen molar-refractivity contribution in [3.8, 4) is 5.75 Å². The van der Waals surface area contributed by atoms with Crippen molar-refractivity contribution in [1.29, 1.82) is 0 Å². The second kappa shape index (κ2) is 3.51. The number of hydrogen-bond donors (Lipinski definition) is 0. The van der Waals surface area contributed by atoms with Gasteiger partial charge in [-0.3, -0.25) is 4.79 Å². The van der Waals surface area contributed by atoms with Gasteiger partial charge in [0.05, 0.1) is 7.11 Å². The molecule has 16 heavy (non-hydrogen) atoms. The summed E-state index contributed by atoms with van der Waals surface area (Å²) in [4.78, 5) is 14.1. The van der Waals surface area contributed by atoms with Crippen LogP contribution in [0.1, 0.15) is 16.8 Å². The summed E-state index contributed by atoms with van der Waals surface area (Å²) < 4.78 is 5.07. The normalized spacial score (nSPS) is 26.4. The van der Waals surface area contributed by atoms with Crippen LogP contribution in [0.4, 0.5) is 0 Å². The Labute approximate surface area is 95.0 Å². The molecule has 0 radical (unpaired) electrons. The molecule has 3 nitrogen and oxygen atoms in total. The number of carbonyl (C=O) groups is 1. The molecule has 0 aromatic heterocycles. The van der Waals surface area contributed by atoms with Gasteiger partial charge in [-0.2, -0.15) is 0 Å². The fraction of sp³-hybridized carbons (Fsp3) is 0.462.